The van der Waals surface area contributed by atoms with Crippen LogP contribution < -0.4 is 11.1 Å². The Bertz CT molecular complexity index is 558. The summed E-state index contributed by atoms with van der Waals surface area (Å²) in [5.41, 5.74) is 7.19. The van der Waals surface area contributed by atoms with Crippen LogP contribution in [0.5, 0.6) is 0 Å². The Morgan fingerprint density at radius 3 is 2.53 bits per heavy atom. The summed E-state index contributed by atoms with van der Waals surface area (Å²) in [6.45, 7) is 0. The summed E-state index contributed by atoms with van der Waals surface area (Å²) in [4.78, 5) is 4.22. The lowest BCUT2D eigenvalue weighted by Gasteiger charge is -2.10. The van der Waals surface area contributed by atoms with Gasteiger partial charge in [0, 0.05) is 8.95 Å². The molecule has 3 N–H and O–H groups in total. The molecule has 2 aromatic rings. The van der Waals surface area contributed by atoms with Gasteiger partial charge >= 0.3 is 0 Å². The Balaban J connectivity index is 2.34. The zero-order valence-corrected chi connectivity index (χ0v) is 13.3. The molecule has 1 heterocycles. The summed E-state index contributed by atoms with van der Waals surface area (Å²) in [5.74, 6) is 0.720. The number of hydrogen-bond donors (Lipinski definition) is 2. The Labute approximate surface area is 124 Å². The zero-order valence-electron chi connectivity index (χ0n) is 8.55. The van der Waals surface area contributed by atoms with Gasteiger partial charge in [-0.2, -0.15) is 0 Å². The highest BCUT2D eigenvalue weighted by Crippen LogP contribution is 2.31. The van der Waals surface area contributed by atoms with Crippen molar-refractivity contribution in [1.29, 1.82) is 0 Å². The molecule has 0 bridgehead atoms. The average molecular weight is 422 g/mol. The molecule has 3 nitrogen and oxygen atoms in total. The number of hydrogen-bond acceptors (Lipinski definition) is 3. The molecule has 17 heavy (non-hydrogen) atoms. The number of pyridine rings is 1. The van der Waals surface area contributed by atoms with Crippen LogP contribution in [-0.2, 0) is 0 Å². The number of benzene rings is 1. The van der Waals surface area contributed by atoms with Gasteiger partial charge in [0.15, 0.2) is 0 Å². The van der Waals surface area contributed by atoms with Gasteiger partial charge in [0.05, 0.1) is 22.0 Å². The maximum atomic E-state index is 5.64. The van der Waals surface area contributed by atoms with E-state index < -0.39 is 0 Å². The first-order valence-electron chi connectivity index (χ1n) is 4.69. The molecule has 6 heteroatoms. The van der Waals surface area contributed by atoms with E-state index in [-0.39, 0.29) is 0 Å². The minimum atomic E-state index is 0.621. The molecule has 0 aliphatic heterocycles. The first-order valence-corrected chi connectivity index (χ1v) is 7.07. The zero-order chi connectivity index (χ0) is 12.4. The summed E-state index contributed by atoms with van der Waals surface area (Å²) in [7, 11) is 0. The molecule has 0 spiro atoms. The van der Waals surface area contributed by atoms with Crippen LogP contribution in [0.3, 0.4) is 0 Å². The van der Waals surface area contributed by atoms with E-state index in [2.05, 4.69) is 58.1 Å². The van der Waals surface area contributed by atoms with Crippen LogP contribution in [0, 0.1) is 0 Å². The molecule has 0 saturated carbocycles. The van der Waals surface area contributed by atoms with Crippen molar-refractivity contribution in [2.24, 2.45) is 0 Å². The minimum Gasteiger partial charge on any atom is -0.397 e. The SMILES string of the molecule is Nc1cnc(Nc2cc(Br)ccc2Br)c(Br)c1. The fourth-order valence-corrected chi connectivity index (χ4v) is 2.44. The molecule has 0 aliphatic carbocycles. The molecular formula is C11H8Br3N3. The molecule has 0 aliphatic rings. The maximum absolute atomic E-state index is 5.64. The number of anilines is 3. The molecule has 0 atom stereocenters. The lowest BCUT2D eigenvalue weighted by molar-refractivity contribution is 1.29. The Morgan fingerprint density at radius 1 is 1.06 bits per heavy atom. The van der Waals surface area contributed by atoms with Gasteiger partial charge < -0.3 is 11.1 Å². The summed E-state index contributed by atoms with van der Waals surface area (Å²) >= 11 is 10.3. The van der Waals surface area contributed by atoms with Crippen molar-refractivity contribution in [3.63, 3.8) is 0 Å². The van der Waals surface area contributed by atoms with Crippen molar-refractivity contribution in [2.75, 3.05) is 11.1 Å². The summed E-state index contributed by atoms with van der Waals surface area (Å²) in [6.07, 6.45) is 1.61. The van der Waals surface area contributed by atoms with Crippen molar-refractivity contribution in [3.05, 3.63) is 43.9 Å². The number of halogens is 3. The Hall–Kier alpha value is -0.590. The topological polar surface area (TPSA) is 50.9 Å². The van der Waals surface area contributed by atoms with Crippen molar-refractivity contribution in [2.45, 2.75) is 0 Å². The first kappa shape index (κ1) is 12.9. The van der Waals surface area contributed by atoms with Gasteiger partial charge in [-0.25, -0.2) is 4.98 Å². The molecule has 2 rings (SSSR count). The van der Waals surface area contributed by atoms with E-state index >= 15 is 0 Å². The second-order valence-corrected chi connectivity index (χ2v) is 5.97. The smallest absolute Gasteiger partial charge is 0.144 e. The second kappa shape index (κ2) is 5.37. The second-order valence-electron chi connectivity index (χ2n) is 3.35. The molecule has 0 radical (unpaired) electrons. The standard InChI is InChI=1S/C11H8Br3N3/c12-6-1-2-8(13)10(3-6)17-11-9(14)4-7(15)5-16-11/h1-5H,15H2,(H,16,17). The normalized spacial score (nSPS) is 10.3. The van der Waals surface area contributed by atoms with Gasteiger partial charge in [0.25, 0.3) is 0 Å². The van der Waals surface area contributed by atoms with Gasteiger partial charge in [0.2, 0.25) is 0 Å². The van der Waals surface area contributed by atoms with Crippen LogP contribution >= 0.6 is 47.8 Å². The third-order valence-electron chi connectivity index (χ3n) is 2.04. The fraction of sp³-hybridized carbons (Fsp3) is 0. The highest BCUT2D eigenvalue weighted by molar-refractivity contribution is 9.11. The van der Waals surface area contributed by atoms with E-state index in [0.717, 1.165) is 24.9 Å². The number of nitrogens with two attached hydrogens (primary N) is 1. The predicted octanol–water partition coefficient (Wildman–Crippen LogP) is 4.69. The van der Waals surface area contributed by atoms with E-state index in [1.165, 1.54) is 0 Å². The quantitative estimate of drug-likeness (QED) is 0.739. The van der Waals surface area contributed by atoms with E-state index in [1.54, 1.807) is 12.3 Å². The summed E-state index contributed by atoms with van der Waals surface area (Å²) < 4.78 is 2.78. The van der Waals surface area contributed by atoms with E-state index in [9.17, 15) is 0 Å². The monoisotopic (exact) mass is 419 g/mol. The van der Waals surface area contributed by atoms with Crippen LogP contribution in [-0.4, -0.2) is 4.98 Å². The largest absolute Gasteiger partial charge is 0.397 e. The number of rotatable bonds is 2. The van der Waals surface area contributed by atoms with Crippen LogP contribution in [0.2, 0.25) is 0 Å². The van der Waals surface area contributed by atoms with Gasteiger partial charge in [0.1, 0.15) is 5.82 Å². The Morgan fingerprint density at radius 2 is 1.82 bits per heavy atom. The van der Waals surface area contributed by atoms with E-state index in [4.69, 9.17) is 5.73 Å². The van der Waals surface area contributed by atoms with Gasteiger partial charge in [-0.15, -0.1) is 0 Å². The van der Waals surface area contributed by atoms with Crippen molar-refractivity contribution in [3.8, 4) is 0 Å². The molecule has 1 aromatic carbocycles. The van der Waals surface area contributed by atoms with Gasteiger partial charge in [-0.05, 0) is 56.1 Å². The summed E-state index contributed by atoms with van der Waals surface area (Å²) in [6, 6.07) is 7.69. The van der Waals surface area contributed by atoms with Crippen LogP contribution in [0.25, 0.3) is 0 Å². The molecule has 0 saturated heterocycles. The number of nitrogens with one attached hydrogen (secondary N) is 1. The average Bonchev–Trinajstić information content (AvgIpc) is 2.27. The Kier molecular flexibility index (Phi) is 4.06. The van der Waals surface area contributed by atoms with Crippen LogP contribution in [0.1, 0.15) is 0 Å². The van der Waals surface area contributed by atoms with Crippen LogP contribution in [0.4, 0.5) is 17.2 Å². The number of aromatic nitrogens is 1. The highest BCUT2D eigenvalue weighted by atomic mass is 79.9. The molecule has 88 valence electrons. The van der Waals surface area contributed by atoms with Crippen LogP contribution in [0.15, 0.2) is 43.9 Å². The summed E-state index contributed by atoms with van der Waals surface area (Å²) in [5, 5.41) is 3.22. The van der Waals surface area contributed by atoms with Gasteiger partial charge in [-0.1, -0.05) is 15.9 Å². The van der Waals surface area contributed by atoms with Crippen molar-refractivity contribution >= 4 is 65.0 Å². The molecule has 0 fully saturated rings. The highest BCUT2D eigenvalue weighted by Gasteiger charge is 2.05. The lowest BCUT2D eigenvalue weighted by atomic mass is 10.3. The van der Waals surface area contributed by atoms with Gasteiger partial charge in [-0.3, -0.25) is 0 Å². The molecule has 0 unspecified atom stereocenters. The third-order valence-corrected chi connectivity index (χ3v) is 3.83. The lowest BCUT2D eigenvalue weighted by Crippen LogP contribution is -1.97. The minimum absolute atomic E-state index is 0.621. The third kappa shape index (κ3) is 3.20. The first-order chi connectivity index (χ1) is 8.06. The maximum Gasteiger partial charge on any atom is 0.144 e. The van der Waals surface area contributed by atoms with Crippen molar-refractivity contribution < 1.29 is 0 Å². The fourth-order valence-electron chi connectivity index (χ4n) is 1.27. The van der Waals surface area contributed by atoms with E-state index in [0.29, 0.717) is 5.69 Å². The molecule has 1 aromatic heterocycles. The molecule has 0 amide bonds. The molecular weight excluding hydrogens is 414 g/mol. The van der Waals surface area contributed by atoms with E-state index in [1.807, 2.05) is 18.2 Å². The van der Waals surface area contributed by atoms with Crippen molar-refractivity contribution in [1.82, 2.24) is 4.98 Å². The number of nitrogen functional groups attached to an aromatic ring is 1. The number of nitrogens with zero attached hydrogens (tertiary/aromatic N) is 1. The predicted molar refractivity (Wildman–Crippen MR) is 81.5 cm³/mol.